The molecule has 2 rings (SSSR count). The Balaban J connectivity index is 2.19. The quantitative estimate of drug-likeness (QED) is 0.746. The lowest BCUT2D eigenvalue weighted by Gasteiger charge is -2.20. The Morgan fingerprint density at radius 2 is 1.60 bits per heavy atom. The molecule has 0 saturated carbocycles. The SMILES string of the molecule is C=C(CC(C#N)(C#N)Cc1ccccc1)c1ccc(C(=O)OC)cc1. The van der Waals surface area contributed by atoms with Crippen LogP contribution >= 0.6 is 0 Å². The number of ether oxygens (including phenoxy) is 1. The van der Waals surface area contributed by atoms with Crippen molar-refractivity contribution in [2.45, 2.75) is 12.8 Å². The summed E-state index contributed by atoms with van der Waals surface area (Å²) in [5.41, 5.74) is 1.65. The van der Waals surface area contributed by atoms with Crippen molar-refractivity contribution in [3.8, 4) is 12.1 Å². The minimum absolute atomic E-state index is 0.229. The van der Waals surface area contributed by atoms with Crippen LogP contribution in [0.2, 0.25) is 0 Å². The van der Waals surface area contributed by atoms with Crippen LogP contribution in [0.25, 0.3) is 5.57 Å². The zero-order chi connectivity index (χ0) is 18.3. The van der Waals surface area contributed by atoms with E-state index in [2.05, 4.69) is 23.5 Å². The summed E-state index contributed by atoms with van der Waals surface area (Å²) in [4.78, 5) is 11.5. The Hall–Kier alpha value is -3.37. The maximum absolute atomic E-state index is 11.5. The van der Waals surface area contributed by atoms with E-state index < -0.39 is 11.4 Å². The lowest BCUT2D eigenvalue weighted by atomic mass is 9.78. The molecule has 0 spiro atoms. The van der Waals surface area contributed by atoms with Gasteiger partial charge in [-0.1, -0.05) is 49.0 Å². The highest BCUT2D eigenvalue weighted by Crippen LogP contribution is 2.33. The van der Waals surface area contributed by atoms with Gasteiger partial charge in [0.15, 0.2) is 5.41 Å². The van der Waals surface area contributed by atoms with Gasteiger partial charge in [-0.15, -0.1) is 0 Å². The first-order chi connectivity index (χ1) is 12.0. The Kier molecular flexibility index (Phi) is 5.71. The number of methoxy groups -OCH3 is 1. The average molecular weight is 330 g/mol. The van der Waals surface area contributed by atoms with Crippen LogP contribution in [0.5, 0.6) is 0 Å². The van der Waals surface area contributed by atoms with Crippen LogP contribution in [0, 0.1) is 28.1 Å². The van der Waals surface area contributed by atoms with Crippen molar-refractivity contribution in [2.24, 2.45) is 5.41 Å². The van der Waals surface area contributed by atoms with Crippen LogP contribution in [0.15, 0.2) is 61.2 Å². The molecule has 124 valence electrons. The molecule has 0 aromatic heterocycles. The first kappa shape index (κ1) is 18.0. The predicted octanol–water partition coefficient (Wildman–Crippen LogP) is 4.15. The zero-order valence-corrected chi connectivity index (χ0v) is 14.0. The van der Waals surface area contributed by atoms with Gasteiger partial charge < -0.3 is 4.74 Å². The zero-order valence-electron chi connectivity index (χ0n) is 14.0. The van der Waals surface area contributed by atoms with Crippen molar-refractivity contribution < 1.29 is 9.53 Å². The highest BCUT2D eigenvalue weighted by atomic mass is 16.5. The smallest absolute Gasteiger partial charge is 0.337 e. The average Bonchev–Trinajstić information content (AvgIpc) is 2.67. The Morgan fingerprint density at radius 3 is 2.12 bits per heavy atom. The number of rotatable bonds is 6. The fraction of sp³-hybridized carbons (Fsp3) is 0.190. The summed E-state index contributed by atoms with van der Waals surface area (Å²) < 4.78 is 4.67. The molecule has 0 fully saturated rings. The van der Waals surface area contributed by atoms with E-state index in [1.165, 1.54) is 7.11 Å². The summed E-state index contributed by atoms with van der Waals surface area (Å²) >= 11 is 0. The number of carbonyl (C=O) groups is 1. The van der Waals surface area contributed by atoms with Crippen LogP contribution in [-0.2, 0) is 11.2 Å². The number of carbonyl (C=O) groups excluding carboxylic acids is 1. The molecule has 0 aliphatic carbocycles. The number of nitriles is 2. The van der Waals surface area contributed by atoms with E-state index in [0.717, 1.165) is 11.1 Å². The van der Waals surface area contributed by atoms with Gasteiger partial charge >= 0.3 is 5.97 Å². The number of hydrogen-bond donors (Lipinski definition) is 0. The minimum Gasteiger partial charge on any atom is -0.465 e. The van der Waals surface area contributed by atoms with Crippen LogP contribution in [0.1, 0.15) is 27.9 Å². The largest absolute Gasteiger partial charge is 0.465 e. The Morgan fingerprint density at radius 1 is 1.04 bits per heavy atom. The van der Waals surface area contributed by atoms with Crippen molar-refractivity contribution in [1.29, 1.82) is 10.5 Å². The molecule has 4 heteroatoms. The molecular weight excluding hydrogens is 312 g/mol. The first-order valence-electron chi connectivity index (χ1n) is 7.76. The van der Waals surface area contributed by atoms with Crippen molar-refractivity contribution >= 4 is 11.5 Å². The maximum atomic E-state index is 11.5. The number of hydrogen-bond acceptors (Lipinski definition) is 4. The second kappa shape index (κ2) is 7.95. The van der Waals surface area contributed by atoms with E-state index in [-0.39, 0.29) is 6.42 Å². The molecule has 0 N–H and O–H groups in total. The molecule has 0 atom stereocenters. The topological polar surface area (TPSA) is 73.9 Å². The summed E-state index contributed by atoms with van der Waals surface area (Å²) in [5.74, 6) is -0.412. The highest BCUT2D eigenvalue weighted by Gasteiger charge is 2.31. The van der Waals surface area contributed by atoms with Crippen LogP contribution in [-0.4, -0.2) is 13.1 Å². The van der Waals surface area contributed by atoms with E-state index >= 15 is 0 Å². The molecule has 0 aliphatic heterocycles. The molecule has 0 saturated heterocycles. The summed E-state index contributed by atoms with van der Waals surface area (Å²) in [5, 5.41) is 19.2. The summed E-state index contributed by atoms with van der Waals surface area (Å²) in [6.45, 7) is 4.02. The van der Waals surface area contributed by atoms with Gasteiger partial charge in [-0.25, -0.2) is 4.79 Å². The molecule has 25 heavy (non-hydrogen) atoms. The third-order valence-corrected chi connectivity index (χ3v) is 4.01. The van der Waals surface area contributed by atoms with Crippen molar-refractivity contribution in [3.05, 3.63) is 77.9 Å². The number of esters is 1. The summed E-state index contributed by atoms with van der Waals surface area (Å²) in [6.07, 6.45) is 0.562. The van der Waals surface area contributed by atoms with E-state index in [1.54, 1.807) is 24.3 Å². The Labute approximate surface area is 147 Å². The summed E-state index contributed by atoms with van der Waals surface area (Å²) in [6, 6.07) is 20.6. The summed E-state index contributed by atoms with van der Waals surface area (Å²) in [7, 11) is 1.33. The van der Waals surface area contributed by atoms with Crippen LogP contribution in [0.3, 0.4) is 0 Å². The van der Waals surface area contributed by atoms with Gasteiger partial charge in [0.1, 0.15) is 0 Å². The fourth-order valence-corrected chi connectivity index (χ4v) is 2.62. The molecule has 0 heterocycles. The van der Waals surface area contributed by atoms with Gasteiger partial charge in [0.05, 0.1) is 24.8 Å². The molecular formula is C21H18N2O2. The van der Waals surface area contributed by atoms with E-state index in [9.17, 15) is 15.3 Å². The van der Waals surface area contributed by atoms with Crippen molar-refractivity contribution in [2.75, 3.05) is 7.11 Å². The molecule has 0 unspecified atom stereocenters. The van der Waals surface area contributed by atoms with Gasteiger partial charge in [0.25, 0.3) is 0 Å². The Bertz CT molecular complexity index is 826. The molecule has 0 amide bonds. The lowest BCUT2D eigenvalue weighted by Crippen LogP contribution is -2.20. The lowest BCUT2D eigenvalue weighted by molar-refractivity contribution is 0.0600. The van der Waals surface area contributed by atoms with Crippen molar-refractivity contribution in [3.63, 3.8) is 0 Å². The van der Waals surface area contributed by atoms with E-state index in [1.807, 2.05) is 30.3 Å². The van der Waals surface area contributed by atoms with Gasteiger partial charge in [-0.05, 0) is 28.8 Å². The molecule has 0 radical (unpaired) electrons. The monoisotopic (exact) mass is 330 g/mol. The standard InChI is InChI=1S/C21H18N2O2/c1-16(18-8-10-19(11-9-18)20(24)25-2)12-21(14-22,15-23)13-17-6-4-3-5-7-17/h3-11H,1,12-13H2,2H3. The molecule has 2 aromatic carbocycles. The second-order valence-electron chi connectivity index (χ2n) is 5.82. The third kappa shape index (κ3) is 4.34. The second-order valence-corrected chi connectivity index (χ2v) is 5.82. The molecule has 0 bridgehead atoms. The molecule has 2 aromatic rings. The highest BCUT2D eigenvalue weighted by molar-refractivity contribution is 5.89. The predicted molar refractivity (Wildman–Crippen MR) is 95.2 cm³/mol. The van der Waals surface area contributed by atoms with Gasteiger partial charge in [0.2, 0.25) is 0 Å². The van der Waals surface area contributed by atoms with E-state index in [0.29, 0.717) is 17.6 Å². The van der Waals surface area contributed by atoms with Crippen molar-refractivity contribution in [1.82, 2.24) is 0 Å². The van der Waals surface area contributed by atoms with Gasteiger partial charge in [0, 0.05) is 12.8 Å². The van der Waals surface area contributed by atoms with Gasteiger partial charge in [-0.3, -0.25) is 0 Å². The van der Waals surface area contributed by atoms with Gasteiger partial charge in [-0.2, -0.15) is 10.5 Å². The van der Waals surface area contributed by atoms with E-state index in [4.69, 9.17) is 0 Å². The first-order valence-corrected chi connectivity index (χ1v) is 7.76. The maximum Gasteiger partial charge on any atom is 0.337 e. The molecule has 4 nitrogen and oxygen atoms in total. The molecule has 0 aliphatic rings. The number of allylic oxidation sites excluding steroid dienone is 1. The number of nitrogens with zero attached hydrogens (tertiary/aromatic N) is 2. The van der Waals surface area contributed by atoms with Crippen LogP contribution < -0.4 is 0 Å². The number of benzene rings is 2. The third-order valence-electron chi connectivity index (χ3n) is 4.01. The minimum atomic E-state index is -1.18. The normalized spacial score (nSPS) is 10.4. The van der Waals surface area contributed by atoms with Crippen LogP contribution in [0.4, 0.5) is 0 Å². The fourth-order valence-electron chi connectivity index (χ4n) is 2.62.